The van der Waals surface area contributed by atoms with Crippen molar-refractivity contribution >= 4 is 17.5 Å². The largest absolute Gasteiger partial charge is 0.573 e. The molecule has 5 rings (SSSR count). The first-order chi connectivity index (χ1) is 17.8. The van der Waals surface area contributed by atoms with E-state index in [-0.39, 0.29) is 23.6 Å². The molecule has 10 heteroatoms. The van der Waals surface area contributed by atoms with Gasteiger partial charge in [0, 0.05) is 28.4 Å². The van der Waals surface area contributed by atoms with Crippen molar-refractivity contribution in [2.45, 2.75) is 57.3 Å². The summed E-state index contributed by atoms with van der Waals surface area (Å²) >= 11 is 0. The second kappa shape index (κ2) is 10.7. The van der Waals surface area contributed by atoms with Crippen LogP contribution >= 0.6 is 0 Å². The average Bonchev–Trinajstić information content (AvgIpc) is 2.89. The van der Waals surface area contributed by atoms with Crippen LogP contribution in [0.4, 0.5) is 24.8 Å². The van der Waals surface area contributed by atoms with E-state index in [9.17, 15) is 18.0 Å². The molecule has 194 valence electrons. The number of benzene rings is 2. The third-order valence-corrected chi connectivity index (χ3v) is 6.48. The topological polar surface area (TPSA) is 85.4 Å². The number of carbonyl (C=O) groups excluding carboxylic acids is 1. The maximum atomic E-state index is 12.6. The molecule has 3 aromatic rings. The predicted molar refractivity (Wildman–Crippen MR) is 132 cm³/mol. The molecule has 1 aliphatic heterocycles. The normalized spacial score (nSPS) is 15.9. The Bertz CT molecular complexity index is 1240. The SMILES string of the molecule is O=C(NC1CCCCC1)c1ccc(Nc2nc3c(c(-c4ccc(OC(F)(F)F)cc4)n2)CCCO3)cc1. The number of halogens is 3. The number of hydrogen-bond acceptors (Lipinski definition) is 6. The summed E-state index contributed by atoms with van der Waals surface area (Å²) in [6.45, 7) is 0.520. The molecule has 1 aliphatic carbocycles. The molecule has 37 heavy (non-hydrogen) atoms. The van der Waals surface area contributed by atoms with E-state index in [4.69, 9.17) is 4.74 Å². The van der Waals surface area contributed by atoms with Gasteiger partial charge in [-0.1, -0.05) is 19.3 Å². The van der Waals surface area contributed by atoms with Gasteiger partial charge in [0.05, 0.1) is 12.3 Å². The van der Waals surface area contributed by atoms with Gasteiger partial charge in [0.1, 0.15) is 5.75 Å². The number of anilines is 2. The van der Waals surface area contributed by atoms with E-state index in [1.165, 1.54) is 30.7 Å². The van der Waals surface area contributed by atoms with Gasteiger partial charge in [-0.25, -0.2) is 4.98 Å². The maximum absolute atomic E-state index is 12.6. The van der Waals surface area contributed by atoms with Gasteiger partial charge < -0.3 is 20.1 Å². The Labute approximate surface area is 212 Å². The van der Waals surface area contributed by atoms with E-state index in [0.717, 1.165) is 37.7 Å². The number of hydrogen-bond donors (Lipinski definition) is 2. The van der Waals surface area contributed by atoms with Gasteiger partial charge in [0.2, 0.25) is 11.8 Å². The van der Waals surface area contributed by atoms with Crippen LogP contribution < -0.4 is 20.1 Å². The number of nitrogens with one attached hydrogen (secondary N) is 2. The number of aromatic nitrogens is 2. The standard InChI is InChI=1S/C27H27F3N4O3/c28-27(29,30)37-21-14-10-17(11-15-21)23-22-7-4-16-36-25(22)34-26(33-23)32-20-12-8-18(9-13-20)24(35)31-19-5-2-1-3-6-19/h8-15,19H,1-7,16H2,(H,31,35)(H,32,33,34). The van der Waals surface area contributed by atoms with Crippen LogP contribution in [0.3, 0.4) is 0 Å². The first kappa shape index (κ1) is 24.9. The van der Waals surface area contributed by atoms with Crippen LogP contribution in [0, 0.1) is 0 Å². The lowest BCUT2D eigenvalue weighted by molar-refractivity contribution is -0.274. The van der Waals surface area contributed by atoms with Gasteiger partial charge in [-0.3, -0.25) is 4.79 Å². The molecule has 2 aromatic carbocycles. The summed E-state index contributed by atoms with van der Waals surface area (Å²) in [5.41, 5.74) is 3.26. The van der Waals surface area contributed by atoms with Gasteiger partial charge >= 0.3 is 6.36 Å². The van der Waals surface area contributed by atoms with Gasteiger partial charge in [0.25, 0.3) is 5.91 Å². The zero-order valence-electron chi connectivity index (χ0n) is 20.1. The number of alkyl halides is 3. The van der Waals surface area contributed by atoms with Crippen LogP contribution in [0.2, 0.25) is 0 Å². The summed E-state index contributed by atoms with van der Waals surface area (Å²) in [4.78, 5) is 21.7. The van der Waals surface area contributed by atoms with Crippen LogP contribution in [0.15, 0.2) is 48.5 Å². The van der Waals surface area contributed by atoms with Gasteiger partial charge in [-0.05, 0) is 74.2 Å². The van der Waals surface area contributed by atoms with Crippen LogP contribution in [-0.4, -0.2) is 34.9 Å². The molecular weight excluding hydrogens is 485 g/mol. The Morgan fingerprint density at radius 3 is 2.38 bits per heavy atom. The smallest absolute Gasteiger partial charge is 0.477 e. The molecule has 1 fully saturated rings. The van der Waals surface area contributed by atoms with Crippen molar-refractivity contribution < 1.29 is 27.4 Å². The first-order valence-corrected chi connectivity index (χ1v) is 12.4. The lowest BCUT2D eigenvalue weighted by atomic mass is 9.95. The Morgan fingerprint density at radius 1 is 0.946 bits per heavy atom. The monoisotopic (exact) mass is 512 g/mol. The molecule has 1 aromatic heterocycles. The molecule has 0 unspecified atom stereocenters. The van der Waals surface area contributed by atoms with Crippen LogP contribution in [0.5, 0.6) is 11.6 Å². The summed E-state index contributed by atoms with van der Waals surface area (Å²) in [7, 11) is 0. The fourth-order valence-electron chi connectivity index (χ4n) is 4.68. The van der Waals surface area contributed by atoms with Crippen molar-refractivity contribution in [3.63, 3.8) is 0 Å². The third-order valence-electron chi connectivity index (χ3n) is 6.48. The Balaban J connectivity index is 1.34. The highest BCUT2D eigenvalue weighted by molar-refractivity contribution is 5.94. The summed E-state index contributed by atoms with van der Waals surface area (Å²) in [6.07, 6.45) is 2.27. The number of amides is 1. The number of rotatable bonds is 6. The summed E-state index contributed by atoms with van der Waals surface area (Å²) in [6, 6.07) is 12.9. The molecule has 0 spiro atoms. The molecule has 2 N–H and O–H groups in total. The van der Waals surface area contributed by atoms with Crippen LogP contribution in [0.1, 0.15) is 54.4 Å². The highest BCUT2D eigenvalue weighted by Crippen LogP contribution is 2.35. The maximum Gasteiger partial charge on any atom is 0.573 e. The van der Waals surface area contributed by atoms with Crippen LogP contribution in [0.25, 0.3) is 11.3 Å². The molecule has 1 amide bonds. The number of ether oxygens (including phenoxy) is 2. The summed E-state index contributed by atoms with van der Waals surface area (Å²) in [5.74, 6) is 0.335. The lowest BCUT2D eigenvalue weighted by Gasteiger charge is -2.22. The lowest BCUT2D eigenvalue weighted by Crippen LogP contribution is -2.36. The molecule has 0 atom stereocenters. The zero-order valence-corrected chi connectivity index (χ0v) is 20.1. The highest BCUT2D eigenvalue weighted by Gasteiger charge is 2.31. The van der Waals surface area contributed by atoms with Gasteiger partial charge in [-0.15, -0.1) is 13.2 Å². The van der Waals surface area contributed by atoms with Crippen molar-refractivity contribution in [3.05, 3.63) is 59.7 Å². The fraction of sp³-hybridized carbons (Fsp3) is 0.370. The average molecular weight is 513 g/mol. The fourth-order valence-corrected chi connectivity index (χ4v) is 4.68. The minimum Gasteiger partial charge on any atom is -0.477 e. The molecule has 7 nitrogen and oxygen atoms in total. The Kier molecular flexibility index (Phi) is 7.16. The second-order valence-corrected chi connectivity index (χ2v) is 9.21. The Morgan fingerprint density at radius 2 is 1.68 bits per heavy atom. The minimum atomic E-state index is -4.76. The van der Waals surface area contributed by atoms with E-state index in [2.05, 4.69) is 25.3 Å². The predicted octanol–water partition coefficient (Wildman–Crippen LogP) is 6.17. The van der Waals surface area contributed by atoms with E-state index in [0.29, 0.717) is 41.4 Å². The second-order valence-electron chi connectivity index (χ2n) is 9.21. The summed E-state index contributed by atoms with van der Waals surface area (Å²) < 4.78 is 47.3. The van der Waals surface area contributed by atoms with Crippen LogP contribution in [-0.2, 0) is 6.42 Å². The van der Waals surface area contributed by atoms with Crippen molar-refractivity contribution in [2.75, 3.05) is 11.9 Å². The molecule has 2 heterocycles. The molecule has 1 saturated carbocycles. The van der Waals surface area contributed by atoms with Crippen molar-refractivity contribution in [2.24, 2.45) is 0 Å². The molecule has 0 saturated heterocycles. The third kappa shape index (κ3) is 6.31. The van der Waals surface area contributed by atoms with E-state index >= 15 is 0 Å². The quantitative estimate of drug-likeness (QED) is 0.411. The Hall–Kier alpha value is -3.82. The molecule has 2 aliphatic rings. The van der Waals surface area contributed by atoms with Crippen molar-refractivity contribution in [1.82, 2.24) is 15.3 Å². The molecule has 0 radical (unpaired) electrons. The first-order valence-electron chi connectivity index (χ1n) is 12.4. The number of nitrogens with zero attached hydrogens (tertiary/aromatic N) is 2. The van der Waals surface area contributed by atoms with Gasteiger partial charge in [-0.2, -0.15) is 4.98 Å². The molecular formula is C27H27F3N4O3. The van der Waals surface area contributed by atoms with E-state index in [1.54, 1.807) is 24.3 Å². The van der Waals surface area contributed by atoms with Gasteiger partial charge in [0.15, 0.2) is 0 Å². The number of fused-ring (bicyclic) bond motifs is 1. The minimum absolute atomic E-state index is 0.0860. The van der Waals surface area contributed by atoms with Crippen molar-refractivity contribution in [1.29, 1.82) is 0 Å². The number of carbonyl (C=O) groups is 1. The van der Waals surface area contributed by atoms with Crippen molar-refractivity contribution in [3.8, 4) is 22.9 Å². The summed E-state index contributed by atoms with van der Waals surface area (Å²) in [5, 5.41) is 6.26. The molecule has 0 bridgehead atoms. The highest BCUT2D eigenvalue weighted by atomic mass is 19.4. The van der Waals surface area contributed by atoms with E-state index in [1.807, 2.05) is 0 Å². The van der Waals surface area contributed by atoms with E-state index < -0.39 is 6.36 Å². The zero-order chi connectivity index (χ0) is 25.8.